The van der Waals surface area contributed by atoms with Gasteiger partial charge in [0, 0.05) is 19.0 Å². The molecule has 0 aliphatic heterocycles. The Balaban J connectivity index is 1.35. The second kappa shape index (κ2) is 9.65. The van der Waals surface area contributed by atoms with Crippen molar-refractivity contribution in [2.45, 2.75) is 31.8 Å². The van der Waals surface area contributed by atoms with Gasteiger partial charge in [0.25, 0.3) is 5.91 Å². The highest BCUT2D eigenvalue weighted by Gasteiger charge is 2.32. The fraction of sp³-hybridized carbons (Fsp3) is 0.241. The quantitative estimate of drug-likeness (QED) is 0.391. The average molecular weight is 451 g/mol. The Morgan fingerprint density at radius 2 is 1.68 bits per heavy atom. The minimum Gasteiger partial charge on any atom is -0.348 e. The highest BCUT2D eigenvalue weighted by molar-refractivity contribution is 5.95. The minimum absolute atomic E-state index is 0.0692. The van der Waals surface area contributed by atoms with E-state index in [-0.39, 0.29) is 5.91 Å². The van der Waals surface area contributed by atoms with Crippen molar-refractivity contribution in [3.63, 3.8) is 0 Å². The number of carbonyl (C=O) groups is 1. The first-order valence-corrected chi connectivity index (χ1v) is 11.8. The lowest BCUT2D eigenvalue weighted by molar-refractivity contribution is 0.0950. The third-order valence-electron chi connectivity index (χ3n) is 6.24. The lowest BCUT2D eigenvalue weighted by Crippen LogP contribution is -2.24. The molecule has 5 rings (SSSR count). The summed E-state index contributed by atoms with van der Waals surface area (Å²) in [7, 11) is 4.15. The molecule has 1 N–H and O–H groups in total. The second-order valence-corrected chi connectivity index (χ2v) is 9.24. The van der Waals surface area contributed by atoms with Crippen molar-refractivity contribution in [1.82, 2.24) is 20.0 Å². The lowest BCUT2D eigenvalue weighted by Gasteiger charge is -2.13. The summed E-state index contributed by atoms with van der Waals surface area (Å²) in [5, 5.41) is 7.72. The number of hydrogen-bond acceptors (Lipinski definition) is 3. The number of carbonyl (C=O) groups excluding carboxylic acids is 1. The molecular weight excluding hydrogens is 420 g/mol. The van der Waals surface area contributed by atoms with Gasteiger partial charge in [-0.3, -0.25) is 4.79 Å². The van der Waals surface area contributed by atoms with Crippen molar-refractivity contribution < 1.29 is 4.79 Å². The van der Waals surface area contributed by atoms with Gasteiger partial charge in [0.2, 0.25) is 0 Å². The van der Waals surface area contributed by atoms with Crippen molar-refractivity contribution in [3.05, 3.63) is 107 Å². The number of rotatable bonds is 8. The molecule has 1 aliphatic rings. The van der Waals surface area contributed by atoms with Gasteiger partial charge in [-0.25, -0.2) is 4.68 Å². The van der Waals surface area contributed by atoms with Crippen molar-refractivity contribution in [2.75, 3.05) is 14.1 Å². The summed E-state index contributed by atoms with van der Waals surface area (Å²) >= 11 is 0. The number of amides is 1. The van der Waals surface area contributed by atoms with Crippen molar-refractivity contribution in [3.8, 4) is 16.8 Å². The fourth-order valence-corrected chi connectivity index (χ4v) is 4.44. The maximum absolute atomic E-state index is 13.2. The zero-order chi connectivity index (χ0) is 23.5. The molecule has 0 bridgehead atoms. The Hall–Kier alpha value is -3.70. The first-order valence-electron chi connectivity index (χ1n) is 11.8. The number of benzene rings is 3. The molecule has 5 nitrogen and oxygen atoms in total. The van der Waals surface area contributed by atoms with Gasteiger partial charge in [-0.05, 0) is 61.3 Å². The molecule has 0 unspecified atom stereocenters. The Morgan fingerprint density at radius 1 is 0.971 bits per heavy atom. The van der Waals surface area contributed by atoms with Crippen LogP contribution in [0.2, 0.25) is 0 Å². The van der Waals surface area contributed by atoms with Crippen LogP contribution in [0.1, 0.15) is 45.9 Å². The van der Waals surface area contributed by atoms with Gasteiger partial charge in [0.05, 0.1) is 23.1 Å². The van der Waals surface area contributed by atoms with E-state index in [1.54, 1.807) is 6.20 Å². The molecule has 0 saturated heterocycles. The van der Waals surface area contributed by atoms with Gasteiger partial charge >= 0.3 is 0 Å². The number of aromatic nitrogens is 2. The first-order chi connectivity index (χ1) is 16.6. The standard InChI is InChI=1S/C29H30N4O/c1-32(2)20-21-12-14-22(15-13-21)26-11-7-6-8-24(26)18-30-29(34)27-19-31-33(28(27)23-16-17-23)25-9-4-3-5-10-25/h3-15,19,23H,16-18,20H2,1-2H3,(H,30,34). The highest BCUT2D eigenvalue weighted by Crippen LogP contribution is 2.42. The van der Waals surface area contributed by atoms with Crippen molar-refractivity contribution in [1.29, 1.82) is 0 Å². The van der Waals surface area contributed by atoms with Gasteiger partial charge in [0.1, 0.15) is 0 Å². The van der Waals surface area contributed by atoms with E-state index in [4.69, 9.17) is 0 Å². The summed E-state index contributed by atoms with van der Waals surface area (Å²) in [5.74, 6) is 0.330. The molecule has 34 heavy (non-hydrogen) atoms. The van der Waals surface area contributed by atoms with Crippen LogP contribution in [0.25, 0.3) is 16.8 Å². The van der Waals surface area contributed by atoms with Crippen molar-refractivity contribution in [2.24, 2.45) is 0 Å². The van der Waals surface area contributed by atoms with Gasteiger partial charge in [-0.2, -0.15) is 5.10 Å². The van der Waals surface area contributed by atoms with E-state index in [0.29, 0.717) is 18.0 Å². The van der Waals surface area contributed by atoms with Crippen LogP contribution in [0.15, 0.2) is 85.1 Å². The Labute approximate surface area is 201 Å². The zero-order valence-electron chi connectivity index (χ0n) is 19.7. The topological polar surface area (TPSA) is 50.2 Å². The molecular formula is C29H30N4O. The molecule has 1 aromatic heterocycles. The van der Waals surface area contributed by atoms with Crippen LogP contribution in [0.4, 0.5) is 0 Å². The minimum atomic E-state index is -0.0692. The van der Waals surface area contributed by atoms with Gasteiger partial charge in [0.15, 0.2) is 0 Å². The number of para-hydroxylation sites is 1. The molecule has 4 aromatic rings. The second-order valence-electron chi connectivity index (χ2n) is 9.24. The number of hydrogen-bond donors (Lipinski definition) is 1. The van der Waals surface area contributed by atoms with Gasteiger partial charge < -0.3 is 10.2 Å². The molecule has 3 aromatic carbocycles. The molecule has 1 saturated carbocycles. The highest BCUT2D eigenvalue weighted by atomic mass is 16.1. The van der Waals surface area contributed by atoms with Crippen LogP contribution in [-0.4, -0.2) is 34.7 Å². The molecule has 1 heterocycles. The fourth-order valence-electron chi connectivity index (χ4n) is 4.44. The summed E-state index contributed by atoms with van der Waals surface area (Å²) in [6.45, 7) is 1.38. The Bertz CT molecular complexity index is 1270. The van der Waals surface area contributed by atoms with Gasteiger partial charge in [-0.15, -0.1) is 0 Å². The van der Waals surface area contributed by atoms with E-state index < -0.39 is 0 Å². The molecule has 5 heteroatoms. The predicted molar refractivity (Wildman–Crippen MR) is 136 cm³/mol. The van der Waals surface area contributed by atoms with Crippen LogP contribution in [0.5, 0.6) is 0 Å². The SMILES string of the molecule is CN(C)Cc1ccc(-c2ccccc2CNC(=O)c2cnn(-c3ccccc3)c2C2CC2)cc1. The third kappa shape index (κ3) is 4.80. The van der Waals surface area contributed by atoms with E-state index in [2.05, 4.69) is 65.8 Å². The largest absolute Gasteiger partial charge is 0.348 e. The molecule has 1 aliphatic carbocycles. The average Bonchev–Trinajstić information content (AvgIpc) is 3.61. The third-order valence-corrected chi connectivity index (χ3v) is 6.24. The maximum atomic E-state index is 13.2. The van der Waals surface area contributed by atoms with E-state index in [1.807, 2.05) is 47.1 Å². The number of nitrogens with one attached hydrogen (secondary N) is 1. The zero-order valence-corrected chi connectivity index (χ0v) is 19.7. The normalized spacial score (nSPS) is 13.3. The summed E-state index contributed by atoms with van der Waals surface area (Å²) < 4.78 is 1.93. The predicted octanol–water partition coefficient (Wildman–Crippen LogP) is 5.41. The van der Waals surface area contributed by atoms with Crippen LogP contribution in [0.3, 0.4) is 0 Å². The Kier molecular flexibility index (Phi) is 6.28. The molecule has 0 radical (unpaired) electrons. The van der Waals surface area contributed by atoms with Crippen molar-refractivity contribution >= 4 is 5.91 Å². The Morgan fingerprint density at radius 3 is 2.38 bits per heavy atom. The summed E-state index contributed by atoms with van der Waals surface area (Å²) in [6, 6.07) is 27.0. The smallest absolute Gasteiger partial charge is 0.255 e. The molecule has 1 fully saturated rings. The molecule has 172 valence electrons. The van der Waals surface area contributed by atoms with Gasteiger partial charge in [-0.1, -0.05) is 66.7 Å². The molecule has 0 spiro atoms. The van der Waals surface area contributed by atoms with E-state index in [0.717, 1.165) is 47.5 Å². The first kappa shape index (κ1) is 22.1. The van der Waals surface area contributed by atoms with Crippen LogP contribution >= 0.6 is 0 Å². The summed E-state index contributed by atoms with van der Waals surface area (Å²) in [6.07, 6.45) is 3.92. The monoisotopic (exact) mass is 450 g/mol. The van der Waals surface area contributed by atoms with Crippen LogP contribution in [-0.2, 0) is 13.1 Å². The summed E-state index contributed by atoms with van der Waals surface area (Å²) in [4.78, 5) is 15.4. The lowest BCUT2D eigenvalue weighted by atomic mass is 9.98. The van der Waals surface area contributed by atoms with Crippen LogP contribution in [0, 0.1) is 0 Å². The van der Waals surface area contributed by atoms with E-state index in [1.165, 1.54) is 5.56 Å². The summed E-state index contributed by atoms with van der Waals surface area (Å²) in [5.41, 5.74) is 7.36. The molecule has 1 amide bonds. The molecule has 0 atom stereocenters. The van der Waals surface area contributed by atoms with E-state index >= 15 is 0 Å². The number of nitrogens with zero attached hydrogens (tertiary/aromatic N) is 3. The van der Waals surface area contributed by atoms with Crippen LogP contribution < -0.4 is 5.32 Å². The van der Waals surface area contributed by atoms with E-state index in [9.17, 15) is 4.79 Å². The maximum Gasteiger partial charge on any atom is 0.255 e.